The van der Waals surface area contributed by atoms with E-state index >= 15 is 0 Å². The first kappa shape index (κ1) is 18.9. The van der Waals surface area contributed by atoms with Crippen LogP contribution in [0.15, 0.2) is 18.2 Å². The van der Waals surface area contributed by atoms with Gasteiger partial charge in [-0.15, -0.1) is 0 Å². The number of ketones is 1. The maximum Gasteiger partial charge on any atom is 0.139 e. The minimum atomic E-state index is -0.779. The van der Waals surface area contributed by atoms with E-state index in [-0.39, 0.29) is 23.2 Å². The Labute approximate surface area is 162 Å². The van der Waals surface area contributed by atoms with Gasteiger partial charge in [0, 0.05) is 37.4 Å². The van der Waals surface area contributed by atoms with Crippen molar-refractivity contribution in [1.82, 2.24) is 0 Å². The summed E-state index contributed by atoms with van der Waals surface area (Å²) in [5.74, 6) is 1.70. The molecule has 3 aliphatic carbocycles. The number of methoxy groups -OCH3 is 2. The molecule has 1 unspecified atom stereocenters. The van der Waals surface area contributed by atoms with E-state index in [1.54, 1.807) is 14.2 Å². The molecule has 1 aromatic carbocycles. The van der Waals surface area contributed by atoms with Crippen LogP contribution in [0, 0.1) is 17.3 Å². The average molecular weight is 373 g/mol. The molecule has 0 saturated heterocycles. The average Bonchev–Trinajstić information content (AvgIpc) is 2.92. The maximum atomic E-state index is 13.0. The SMILES string of the molecule is COCCCC1CC(=O)[C@@]2(C)CC[C@@H]3c4ccc(OC)cc4CC[C@@]3(O)[C@H]12. The van der Waals surface area contributed by atoms with Crippen LogP contribution in [0.4, 0.5) is 0 Å². The van der Waals surface area contributed by atoms with Crippen LogP contribution in [0.3, 0.4) is 0 Å². The van der Waals surface area contributed by atoms with E-state index < -0.39 is 5.60 Å². The lowest BCUT2D eigenvalue weighted by atomic mass is 9.51. The van der Waals surface area contributed by atoms with Crippen molar-refractivity contribution in [1.29, 1.82) is 0 Å². The van der Waals surface area contributed by atoms with E-state index in [1.807, 2.05) is 6.07 Å². The lowest BCUT2D eigenvalue weighted by Gasteiger charge is -2.55. The molecule has 4 nitrogen and oxygen atoms in total. The Hall–Kier alpha value is -1.39. The van der Waals surface area contributed by atoms with E-state index in [0.717, 1.165) is 50.9 Å². The van der Waals surface area contributed by atoms with Gasteiger partial charge < -0.3 is 14.6 Å². The second-order valence-corrected chi connectivity index (χ2v) is 9.06. The molecule has 3 aliphatic rings. The summed E-state index contributed by atoms with van der Waals surface area (Å²) in [6, 6.07) is 6.27. The molecule has 27 heavy (non-hydrogen) atoms. The maximum absolute atomic E-state index is 13.0. The van der Waals surface area contributed by atoms with Crippen LogP contribution < -0.4 is 4.74 Å². The van der Waals surface area contributed by atoms with Gasteiger partial charge >= 0.3 is 0 Å². The Morgan fingerprint density at radius 2 is 2.07 bits per heavy atom. The number of hydrogen-bond acceptors (Lipinski definition) is 4. The first-order chi connectivity index (χ1) is 12.9. The lowest BCUT2D eigenvalue weighted by molar-refractivity contribution is -0.151. The lowest BCUT2D eigenvalue weighted by Crippen LogP contribution is -2.57. The van der Waals surface area contributed by atoms with Gasteiger partial charge in [0.05, 0.1) is 12.7 Å². The van der Waals surface area contributed by atoms with Gasteiger partial charge in [0.25, 0.3) is 0 Å². The molecule has 0 aliphatic heterocycles. The van der Waals surface area contributed by atoms with Crippen molar-refractivity contribution in [3.63, 3.8) is 0 Å². The van der Waals surface area contributed by atoms with Gasteiger partial charge in [0.1, 0.15) is 11.5 Å². The number of hydrogen-bond donors (Lipinski definition) is 1. The summed E-state index contributed by atoms with van der Waals surface area (Å²) in [7, 11) is 3.42. The zero-order valence-corrected chi connectivity index (χ0v) is 16.8. The van der Waals surface area contributed by atoms with Crippen LogP contribution in [0.1, 0.15) is 62.5 Å². The highest BCUT2D eigenvalue weighted by molar-refractivity contribution is 5.88. The summed E-state index contributed by atoms with van der Waals surface area (Å²) in [4.78, 5) is 13.0. The minimum absolute atomic E-state index is 0.0587. The molecular weight excluding hydrogens is 340 g/mol. The second-order valence-electron chi connectivity index (χ2n) is 9.06. The third-order valence-corrected chi connectivity index (χ3v) is 7.78. The van der Waals surface area contributed by atoms with Crippen LogP contribution in [-0.4, -0.2) is 37.3 Å². The smallest absolute Gasteiger partial charge is 0.139 e. The fourth-order valence-electron chi connectivity index (χ4n) is 6.56. The number of carbonyl (C=O) groups is 1. The summed E-state index contributed by atoms with van der Waals surface area (Å²) in [6.07, 6.45) is 5.90. The van der Waals surface area contributed by atoms with Crippen LogP contribution in [0.5, 0.6) is 5.75 Å². The molecular formula is C23H32O4. The Kier molecular flexibility index (Phi) is 4.84. The van der Waals surface area contributed by atoms with Crippen LogP contribution in [0.25, 0.3) is 0 Å². The Balaban J connectivity index is 1.69. The number of fused-ring (bicyclic) bond motifs is 5. The first-order valence-electron chi connectivity index (χ1n) is 10.4. The molecule has 0 radical (unpaired) electrons. The number of benzene rings is 1. The normalized spacial score (nSPS) is 37.5. The highest BCUT2D eigenvalue weighted by Gasteiger charge is 2.64. The van der Waals surface area contributed by atoms with Crippen molar-refractivity contribution in [3.05, 3.63) is 29.3 Å². The number of aryl methyl sites for hydroxylation is 1. The third kappa shape index (κ3) is 2.84. The summed E-state index contributed by atoms with van der Waals surface area (Å²) < 4.78 is 10.6. The molecule has 2 saturated carbocycles. The monoisotopic (exact) mass is 372 g/mol. The summed E-state index contributed by atoms with van der Waals surface area (Å²) in [6.45, 7) is 2.84. The summed E-state index contributed by atoms with van der Waals surface area (Å²) in [5, 5.41) is 12.0. The molecule has 0 amide bonds. The standard InChI is InChI=1S/C23H32O4/c1-22-10-9-19-18-7-6-17(27-3)13-15(18)8-11-23(19,25)21(22)16(14-20(22)24)5-4-12-26-2/h6-7,13,16,19,21,25H,4-5,8-12,14H2,1-3H3/t16?,19-,21-,22-,23+/m1/s1. The van der Waals surface area contributed by atoms with E-state index in [4.69, 9.17) is 9.47 Å². The van der Waals surface area contributed by atoms with Crippen molar-refractivity contribution in [2.45, 2.75) is 63.4 Å². The molecule has 2 fully saturated rings. The van der Waals surface area contributed by atoms with Crippen LogP contribution in [-0.2, 0) is 16.0 Å². The van der Waals surface area contributed by atoms with Crippen molar-refractivity contribution < 1.29 is 19.4 Å². The van der Waals surface area contributed by atoms with Gasteiger partial charge in [0.15, 0.2) is 0 Å². The summed E-state index contributed by atoms with van der Waals surface area (Å²) >= 11 is 0. The van der Waals surface area contributed by atoms with E-state index in [2.05, 4.69) is 19.1 Å². The first-order valence-corrected chi connectivity index (χ1v) is 10.4. The molecule has 1 aromatic rings. The quantitative estimate of drug-likeness (QED) is 0.797. The molecule has 0 bridgehead atoms. The van der Waals surface area contributed by atoms with Gasteiger partial charge in [-0.05, 0) is 67.7 Å². The van der Waals surface area contributed by atoms with E-state index in [9.17, 15) is 9.90 Å². The molecule has 0 spiro atoms. The molecule has 4 rings (SSSR count). The summed E-state index contributed by atoms with van der Waals surface area (Å²) in [5.41, 5.74) is 1.42. The van der Waals surface area contributed by atoms with Crippen molar-refractivity contribution in [2.75, 3.05) is 20.8 Å². The molecule has 5 atom stereocenters. The molecule has 148 valence electrons. The fourth-order valence-corrected chi connectivity index (χ4v) is 6.56. The van der Waals surface area contributed by atoms with E-state index in [0.29, 0.717) is 12.2 Å². The predicted octanol–water partition coefficient (Wildman–Crippen LogP) is 3.89. The van der Waals surface area contributed by atoms with Gasteiger partial charge in [-0.25, -0.2) is 0 Å². The molecule has 1 N–H and O–H groups in total. The van der Waals surface area contributed by atoms with Crippen LogP contribution in [0.2, 0.25) is 0 Å². The topological polar surface area (TPSA) is 55.8 Å². The predicted molar refractivity (Wildman–Crippen MR) is 104 cm³/mol. The van der Waals surface area contributed by atoms with Crippen molar-refractivity contribution >= 4 is 5.78 Å². The van der Waals surface area contributed by atoms with Gasteiger partial charge in [-0.3, -0.25) is 4.79 Å². The van der Waals surface area contributed by atoms with Gasteiger partial charge in [0.2, 0.25) is 0 Å². The minimum Gasteiger partial charge on any atom is -0.497 e. The zero-order chi connectivity index (χ0) is 19.2. The number of ether oxygens (including phenoxy) is 2. The van der Waals surface area contributed by atoms with Crippen LogP contribution >= 0.6 is 0 Å². The third-order valence-electron chi connectivity index (χ3n) is 7.78. The molecule has 4 heteroatoms. The number of Topliss-reactive ketones (excluding diaryl/α,β-unsaturated/α-hetero) is 1. The molecule has 0 heterocycles. The largest absolute Gasteiger partial charge is 0.497 e. The Bertz CT molecular complexity index is 729. The second kappa shape index (κ2) is 6.89. The number of carbonyl (C=O) groups excluding carboxylic acids is 1. The fraction of sp³-hybridized carbons (Fsp3) is 0.696. The Morgan fingerprint density at radius 3 is 2.81 bits per heavy atom. The van der Waals surface area contributed by atoms with E-state index in [1.165, 1.54) is 11.1 Å². The molecule has 0 aromatic heterocycles. The highest BCUT2D eigenvalue weighted by atomic mass is 16.5. The van der Waals surface area contributed by atoms with Gasteiger partial charge in [-0.2, -0.15) is 0 Å². The Morgan fingerprint density at radius 1 is 1.26 bits per heavy atom. The zero-order valence-electron chi connectivity index (χ0n) is 16.8. The van der Waals surface area contributed by atoms with Crippen molar-refractivity contribution in [2.24, 2.45) is 17.3 Å². The van der Waals surface area contributed by atoms with Gasteiger partial charge in [-0.1, -0.05) is 13.0 Å². The number of rotatable bonds is 5. The highest BCUT2D eigenvalue weighted by Crippen LogP contribution is 2.64. The number of aliphatic hydroxyl groups is 1. The van der Waals surface area contributed by atoms with Crippen molar-refractivity contribution in [3.8, 4) is 5.75 Å².